The molecule has 1 heterocycles. The lowest BCUT2D eigenvalue weighted by Gasteiger charge is -2.30. The quantitative estimate of drug-likeness (QED) is 0.441. The summed E-state index contributed by atoms with van der Waals surface area (Å²) in [6, 6.07) is 0.524. The topological polar surface area (TPSA) is 40.0 Å². The van der Waals surface area contributed by atoms with Gasteiger partial charge in [-0.1, -0.05) is 11.9 Å². The first-order chi connectivity index (χ1) is 7.30. The molecule has 0 aliphatic carbocycles. The van der Waals surface area contributed by atoms with E-state index in [0.717, 1.165) is 19.0 Å². The van der Waals surface area contributed by atoms with Crippen LogP contribution in [0.5, 0.6) is 0 Å². The number of piperidine rings is 1. The standard InChI is InChI=1S/C10H20N4S/c1-4-12-10(11-2)13-9-5-7-14(15-3)8-6-9/h4,9H,5-8H2,1-3H3,(H,11,13)/b12-4-. The largest absolute Gasteiger partial charge is 0.352 e. The van der Waals surface area contributed by atoms with Gasteiger partial charge in [0.05, 0.1) is 0 Å². The SMILES string of the molecule is C/C=N\C(=NC)NC1CCN(SC)CC1. The Morgan fingerprint density at radius 1 is 1.47 bits per heavy atom. The molecule has 0 radical (unpaired) electrons. The average Bonchev–Trinajstić information content (AvgIpc) is 2.29. The zero-order valence-corrected chi connectivity index (χ0v) is 10.5. The number of rotatable bonds is 2. The highest BCUT2D eigenvalue weighted by Crippen LogP contribution is 2.16. The summed E-state index contributed by atoms with van der Waals surface area (Å²) in [6.45, 7) is 4.19. The van der Waals surface area contributed by atoms with Crippen LogP contribution >= 0.6 is 11.9 Å². The molecule has 1 N–H and O–H groups in total. The van der Waals surface area contributed by atoms with Crippen LogP contribution in [0, 0.1) is 0 Å². The average molecular weight is 228 g/mol. The molecule has 4 nitrogen and oxygen atoms in total. The van der Waals surface area contributed by atoms with Gasteiger partial charge in [-0.25, -0.2) is 4.99 Å². The molecule has 1 aliphatic heterocycles. The molecule has 0 saturated carbocycles. The second kappa shape index (κ2) is 6.85. The van der Waals surface area contributed by atoms with Crippen LogP contribution in [0.4, 0.5) is 0 Å². The Balaban J connectivity index is 2.34. The smallest absolute Gasteiger partial charge is 0.217 e. The second-order valence-electron chi connectivity index (χ2n) is 3.46. The summed E-state index contributed by atoms with van der Waals surface area (Å²) in [5.41, 5.74) is 0. The van der Waals surface area contributed by atoms with Crippen LogP contribution in [0.1, 0.15) is 19.8 Å². The lowest BCUT2D eigenvalue weighted by molar-refractivity contribution is 0.330. The minimum Gasteiger partial charge on any atom is -0.352 e. The van der Waals surface area contributed by atoms with Gasteiger partial charge < -0.3 is 5.32 Å². The molecule has 15 heavy (non-hydrogen) atoms. The Bertz CT molecular complexity index is 232. The molecule has 0 aromatic heterocycles. The fourth-order valence-corrected chi connectivity index (χ4v) is 2.22. The molecule has 0 spiro atoms. The molecule has 0 unspecified atom stereocenters. The number of nitrogens with one attached hydrogen (secondary N) is 1. The molecule has 0 bridgehead atoms. The molecular formula is C10H20N4S. The van der Waals surface area contributed by atoms with Crippen LogP contribution in [0.3, 0.4) is 0 Å². The van der Waals surface area contributed by atoms with Crippen molar-refractivity contribution in [3.63, 3.8) is 0 Å². The molecule has 1 saturated heterocycles. The first-order valence-corrected chi connectivity index (χ1v) is 6.49. The molecule has 1 fully saturated rings. The Morgan fingerprint density at radius 3 is 2.60 bits per heavy atom. The van der Waals surface area contributed by atoms with Gasteiger partial charge in [0, 0.05) is 32.4 Å². The third kappa shape index (κ3) is 4.22. The molecule has 0 aromatic rings. The van der Waals surface area contributed by atoms with Crippen molar-refractivity contribution in [2.24, 2.45) is 9.98 Å². The van der Waals surface area contributed by atoms with Crippen molar-refractivity contribution >= 4 is 24.1 Å². The summed E-state index contributed by atoms with van der Waals surface area (Å²) < 4.78 is 2.39. The third-order valence-corrected chi connectivity index (χ3v) is 3.39. The molecule has 0 amide bonds. The van der Waals surface area contributed by atoms with E-state index >= 15 is 0 Å². The van der Waals surface area contributed by atoms with Gasteiger partial charge in [0.15, 0.2) is 0 Å². The summed E-state index contributed by atoms with van der Waals surface area (Å²) in [4.78, 5) is 8.27. The van der Waals surface area contributed by atoms with Crippen molar-refractivity contribution in [2.45, 2.75) is 25.8 Å². The highest BCUT2D eigenvalue weighted by Gasteiger charge is 2.18. The predicted octanol–water partition coefficient (Wildman–Crippen LogP) is 1.39. The molecule has 5 heteroatoms. The maximum absolute atomic E-state index is 4.17. The third-order valence-electron chi connectivity index (χ3n) is 2.51. The summed E-state index contributed by atoms with van der Waals surface area (Å²) in [5.74, 6) is 0.750. The fraction of sp³-hybridized carbons (Fsp3) is 0.800. The minimum atomic E-state index is 0.524. The van der Waals surface area contributed by atoms with E-state index in [1.165, 1.54) is 12.8 Å². The zero-order chi connectivity index (χ0) is 11.1. The number of hydrogen-bond acceptors (Lipinski definition) is 3. The van der Waals surface area contributed by atoms with E-state index in [1.807, 2.05) is 18.9 Å². The summed E-state index contributed by atoms with van der Waals surface area (Å²) >= 11 is 1.83. The van der Waals surface area contributed by atoms with E-state index in [0.29, 0.717) is 6.04 Å². The first-order valence-electron chi connectivity index (χ1n) is 5.31. The van der Waals surface area contributed by atoms with Gasteiger partial charge in [-0.2, -0.15) is 0 Å². The van der Waals surface area contributed by atoms with Crippen molar-refractivity contribution in [3.8, 4) is 0 Å². The molecule has 0 aromatic carbocycles. The van der Waals surface area contributed by atoms with Crippen molar-refractivity contribution in [1.29, 1.82) is 0 Å². The van der Waals surface area contributed by atoms with E-state index in [2.05, 4.69) is 25.9 Å². The van der Waals surface area contributed by atoms with E-state index in [-0.39, 0.29) is 0 Å². The van der Waals surface area contributed by atoms with E-state index in [9.17, 15) is 0 Å². The van der Waals surface area contributed by atoms with Crippen LogP contribution in [-0.4, -0.2) is 48.9 Å². The molecule has 0 atom stereocenters. The van der Waals surface area contributed by atoms with Gasteiger partial charge >= 0.3 is 0 Å². The zero-order valence-electron chi connectivity index (χ0n) is 9.73. The summed E-state index contributed by atoms with van der Waals surface area (Å²) in [5, 5.41) is 3.37. The Hall–Kier alpha value is -0.550. The lowest BCUT2D eigenvalue weighted by Crippen LogP contribution is -2.42. The Morgan fingerprint density at radius 2 is 2.13 bits per heavy atom. The van der Waals surface area contributed by atoms with Crippen LogP contribution in [0.2, 0.25) is 0 Å². The molecular weight excluding hydrogens is 208 g/mol. The highest BCUT2D eigenvalue weighted by molar-refractivity contribution is 7.96. The van der Waals surface area contributed by atoms with E-state index < -0.39 is 0 Å². The van der Waals surface area contributed by atoms with Crippen LogP contribution in [0.25, 0.3) is 0 Å². The van der Waals surface area contributed by atoms with Crippen LogP contribution in [0.15, 0.2) is 9.98 Å². The monoisotopic (exact) mass is 228 g/mol. The van der Waals surface area contributed by atoms with Crippen molar-refractivity contribution in [2.75, 3.05) is 26.4 Å². The maximum Gasteiger partial charge on any atom is 0.217 e. The number of hydrogen-bond donors (Lipinski definition) is 1. The second-order valence-corrected chi connectivity index (χ2v) is 4.35. The highest BCUT2D eigenvalue weighted by atomic mass is 32.2. The first kappa shape index (κ1) is 12.5. The van der Waals surface area contributed by atoms with E-state index in [1.54, 1.807) is 13.3 Å². The normalized spacial score (nSPS) is 21.1. The summed E-state index contributed by atoms with van der Waals surface area (Å²) in [6.07, 6.45) is 6.23. The van der Waals surface area contributed by atoms with Crippen LogP contribution < -0.4 is 5.32 Å². The number of guanidine groups is 1. The number of aliphatic imine (C=N–C) groups is 2. The molecule has 1 rings (SSSR count). The van der Waals surface area contributed by atoms with Gasteiger partial charge in [-0.15, -0.1) is 0 Å². The maximum atomic E-state index is 4.17. The summed E-state index contributed by atoms with van der Waals surface area (Å²) in [7, 11) is 1.77. The minimum absolute atomic E-state index is 0.524. The lowest BCUT2D eigenvalue weighted by atomic mass is 10.1. The van der Waals surface area contributed by atoms with Gasteiger partial charge in [0.1, 0.15) is 0 Å². The van der Waals surface area contributed by atoms with Gasteiger partial charge in [0.2, 0.25) is 5.96 Å². The van der Waals surface area contributed by atoms with Gasteiger partial charge in [0.25, 0.3) is 0 Å². The predicted molar refractivity (Wildman–Crippen MR) is 68.8 cm³/mol. The Labute approximate surface area is 96.4 Å². The molecule has 1 aliphatic rings. The Kier molecular flexibility index (Phi) is 5.71. The van der Waals surface area contributed by atoms with Crippen molar-refractivity contribution in [1.82, 2.24) is 9.62 Å². The van der Waals surface area contributed by atoms with Gasteiger partial charge in [-0.05, 0) is 26.0 Å². The van der Waals surface area contributed by atoms with Crippen LogP contribution in [-0.2, 0) is 0 Å². The molecule has 86 valence electrons. The van der Waals surface area contributed by atoms with Gasteiger partial charge in [-0.3, -0.25) is 9.30 Å². The number of nitrogens with zero attached hydrogens (tertiary/aromatic N) is 3. The fourth-order valence-electron chi connectivity index (χ4n) is 1.65. The van der Waals surface area contributed by atoms with Crippen molar-refractivity contribution < 1.29 is 0 Å². The van der Waals surface area contributed by atoms with E-state index in [4.69, 9.17) is 0 Å². The van der Waals surface area contributed by atoms with Crippen molar-refractivity contribution in [3.05, 3.63) is 0 Å².